The average molecular weight is 370 g/mol. The minimum atomic E-state index is -3.49. The van der Waals surface area contributed by atoms with Gasteiger partial charge in [-0.05, 0) is 58.6 Å². The molecule has 2 atom stereocenters. The van der Waals surface area contributed by atoms with Gasteiger partial charge in [0.25, 0.3) is 0 Å². The van der Waals surface area contributed by atoms with E-state index in [0.717, 1.165) is 18.7 Å². The third-order valence-corrected chi connectivity index (χ3v) is 6.71. The Hall–Kier alpha value is -1.15. The molecule has 1 fully saturated rings. The minimum absolute atomic E-state index is 0.192. The van der Waals surface area contributed by atoms with Crippen molar-refractivity contribution >= 4 is 10.0 Å². The number of piperazine rings is 1. The molecule has 1 aromatic rings. The molecule has 1 heterocycles. The SMILES string of the molecule is COc1ccc(S(=O)(=O)N2CC(C)N(CCN(C)C)C(C)C2)cc1C. The van der Waals surface area contributed by atoms with Crippen LogP contribution in [-0.2, 0) is 10.0 Å². The van der Waals surface area contributed by atoms with Gasteiger partial charge < -0.3 is 9.64 Å². The highest BCUT2D eigenvalue weighted by Gasteiger charge is 2.36. The van der Waals surface area contributed by atoms with Crippen molar-refractivity contribution in [3.63, 3.8) is 0 Å². The van der Waals surface area contributed by atoms with Crippen LogP contribution in [-0.4, -0.2) is 82.0 Å². The van der Waals surface area contributed by atoms with E-state index in [-0.39, 0.29) is 12.1 Å². The molecule has 1 aliphatic heterocycles. The number of rotatable bonds is 6. The van der Waals surface area contributed by atoms with E-state index in [2.05, 4.69) is 37.7 Å². The molecule has 0 N–H and O–H groups in total. The maximum atomic E-state index is 13.1. The first-order chi connectivity index (χ1) is 11.7. The molecule has 0 radical (unpaired) electrons. The summed E-state index contributed by atoms with van der Waals surface area (Å²) < 4.78 is 33.0. The van der Waals surface area contributed by atoms with Crippen molar-refractivity contribution in [2.24, 2.45) is 0 Å². The molecule has 0 bridgehead atoms. The van der Waals surface area contributed by atoms with E-state index in [4.69, 9.17) is 4.74 Å². The number of sulfonamides is 1. The highest BCUT2D eigenvalue weighted by molar-refractivity contribution is 7.89. The number of ether oxygens (including phenoxy) is 1. The number of likely N-dealkylation sites (N-methyl/N-ethyl adjacent to an activating group) is 1. The van der Waals surface area contributed by atoms with Gasteiger partial charge in [-0.1, -0.05) is 0 Å². The summed E-state index contributed by atoms with van der Waals surface area (Å²) in [6.45, 7) is 9.03. The maximum absolute atomic E-state index is 13.1. The fourth-order valence-corrected chi connectivity index (χ4v) is 5.11. The molecular formula is C18H31N3O3S. The van der Waals surface area contributed by atoms with Gasteiger partial charge >= 0.3 is 0 Å². The summed E-state index contributed by atoms with van der Waals surface area (Å²) in [5.74, 6) is 0.703. The second kappa shape index (κ2) is 8.03. The predicted molar refractivity (Wildman–Crippen MR) is 101 cm³/mol. The van der Waals surface area contributed by atoms with Crippen LogP contribution in [0.25, 0.3) is 0 Å². The first kappa shape index (κ1) is 20.2. The third kappa shape index (κ3) is 4.53. The summed E-state index contributed by atoms with van der Waals surface area (Å²) in [5.41, 5.74) is 0.828. The van der Waals surface area contributed by atoms with Gasteiger partial charge in [0.2, 0.25) is 10.0 Å². The van der Waals surface area contributed by atoms with E-state index in [0.29, 0.717) is 23.7 Å². The van der Waals surface area contributed by atoms with E-state index >= 15 is 0 Å². The van der Waals surface area contributed by atoms with Gasteiger partial charge in [-0.2, -0.15) is 4.31 Å². The second-order valence-electron chi connectivity index (χ2n) is 7.19. The molecule has 142 valence electrons. The Morgan fingerprint density at radius 2 is 1.80 bits per heavy atom. The standard InChI is InChI=1S/C18H31N3O3S/c1-14-11-17(7-8-18(14)24-6)25(22,23)20-12-15(2)21(16(3)13-20)10-9-19(4)5/h7-8,11,15-16H,9-10,12-13H2,1-6H3. The lowest BCUT2D eigenvalue weighted by Crippen LogP contribution is -2.58. The Kier molecular flexibility index (Phi) is 6.48. The topological polar surface area (TPSA) is 53.1 Å². The lowest BCUT2D eigenvalue weighted by molar-refractivity contribution is 0.0708. The molecule has 6 nitrogen and oxygen atoms in total. The highest BCUT2D eigenvalue weighted by Crippen LogP contribution is 2.26. The van der Waals surface area contributed by atoms with E-state index in [1.165, 1.54) is 0 Å². The van der Waals surface area contributed by atoms with Crippen LogP contribution in [0.3, 0.4) is 0 Å². The van der Waals surface area contributed by atoms with E-state index in [1.807, 2.05) is 6.92 Å². The molecule has 7 heteroatoms. The second-order valence-corrected chi connectivity index (χ2v) is 9.13. The van der Waals surface area contributed by atoms with Gasteiger partial charge in [0, 0.05) is 38.3 Å². The summed E-state index contributed by atoms with van der Waals surface area (Å²) in [6, 6.07) is 5.44. The molecule has 0 amide bonds. The van der Waals surface area contributed by atoms with Crippen LogP contribution in [0, 0.1) is 6.92 Å². The van der Waals surface area contributed by atoms with Crippen LogP contribution in [0.1, 0.15) is 19.4 Å². The van der Waals surface area contributed by atoms with Crippen LogP contribution in [0.4, 0.5) is 0 Å². The van der Waals surface area contributed by atoms with Crippen molar-refractivity contribution in [1.29, 1.82) is 0 Å². The molecule has 1 aliphatic rings. The smallest absolute Gasteiger partial charge is 0.243 e. The zero-order valence-corrected chi connectivity index (χ0v) is 17.0. The van der Waals surface area contributed by atoms with Crippen LogP contribution >= 0.6 is 0 Å². The lowest BCUT2D eigenvalue weighted by Gasteiger charge is -2.44. The molecule has 1 aromatic carbocycles. The van der Waals surface area contributed by atoms with Gasteiger partial charge in [0.1, 0.15) is 5.75 Å². The zero-order valence-electron chi connectivity index (χ0n) is 16.2. The zero-order chi connectivity index (χ0) is 18.8. The van der Waals surface area contributed by atoms with Gasteiger partial charge in [-0.25, -0.2) is 8.42 Å². The summed E-state index contributed by atoms with van der Waals surface area (Å²) >= 11 is 0. The largest absolute Gasteiger partial charge is 0.496 e. The van der Waals surface area contributed by atoms with Crippen LogP contribution in [0.2, 0.25) is 0 Å². The fourth-order valence-electron chi connectivity index (χ4n) is 3.42. The fraction of sp³-hybridized carbons (Fsp3) is 0.667. The van der Waals surface area contributed by atoms with E-state index < -0.39 is 10.0 Å². The normalized spacial score (nSPS) is 23.2. The Morgan fingerprint density at radius 1 is 1.20 bits per heavy atom. The predicted octanol–water partition coefficient (Wildman–Crippen LogP) is 1.65. The molecule has 0 aliphatic carbocycles. The Morgan fingerprint density at radius 3 is 2.28 bits per heavy atom. The lowest BCUT2D eigenvalue weighted by atomic mass is 10.1. The summed E-state index contributed by atoms with van der Waals surface area (Å²) in [4.78, 5) is 4.89. The van der Waals surface area contributed by atoms with Gasteiger partial charge in [0.15, 0.2) is 0 Å². The Bertz CT molecular complexity index is 679. The molecule has 25 heavy (non-hydrogen) atoms. The molecule has 0 aromatic heterocycles. The minimum Gasteiger partial charge on any atom is -0.496 e. The average Bonchev–Trinajstić information content (AvgIpc) is 2.53. The van der Waals surface area contributed by atoms with E-state index in [9.17, 15) is 8.42 Å². The van der Waals surface area contributed by atoms with Crippen LogP contribution < -0.4 is 4.74 Å². The number of nitrogens with zero attached hydrogens (tertiary/aromatic N) is 3. The first-order valence-electron chi connectivity index (χ1n) is 8.72. The molecular weight excluding hydrogens is 338 g/mol. The van der Waals surface area contributed by atoms with Crippen LogP contribution in [0.5, 0.6) is 5.75 Å². The van der Waals surface area contributed by atoms with Crippen molar-refractivity contribution in [2.45, 2.75) is 37.8 Å². The number of hydrogen-bond acceptors (Lipinski definition) is 5. The van der Waals surface area contributed by atoms with Crippen molar-refractivity contribution in [3.8, 4) is 5.75 Å². The number of aryl methyl sites for hydroxylation is 1. The maximum Gasteiger partial charge on any atom is 0.243 e. The summed E-state index contributed by atoms with van der Waals surface area (Å²) in [6.07, 6.45) is 0. The quantitative estimate of drug-likeness (QED) is 0.763. The molecule has 2 unspecified atom stereocenters. The van der Waals surface area contributed by atoms with Gasteiger partial charge in [-0.15, -0.1) is 0 Å². The molecule has 0 saturated carbocycles. The summed E-state index contributed by atoms with van der Waals surface area (Å²) in [7, 11) is 2.22. The Labute approximate surface area is 152 Å². The first-order valence-corrected chi connectivity index (χ1v) is 10.2. The highest BCUT2D eigenvalue weighted by atomic mass is 32.2. The Balaban J connectivity index is 2.17. The third-order valence-electron chi connectivity index (χ3n) is 4.88. The van der Waals surface area contributed by atoms with Crippen LogP contribution in [0.15, 0.2) is 23.1 Å². The van der Waals surface area contributed by atoms with Crippen molar-refractivity contribution < 1.29 is 13.2 Å². The number of benzene rings is 1. The number of hydrogen-bond donors (Lipinski definition) is 0. The van der Waals surface area contributed by atoms with Crippen molar-refractivity contribution in [1.82, 2.24) is 14.1 Å². The van der Waals surface area contributed by atoms with Crippen molar-refractivity contribution in [3.05, 3.63) is 23.8 Å². The monoisotopic (exact) mass is 369 g/mol. The molecule has 0 spiro atoms. The van der Waals surface area contributed by atoms with Gasteiger partial charge in [-0.3, -0.25) is 4.90 Å². The summed E-state index contributed by atoms with van der Waals surface area (Å²) in [5, 5.41) is 0. The number of methoxy groups -OCH3 is 1. The molecule has 1 saturated heterocycles. The van der Waals surface area contributed by atoms with E-state index in [1.54, 1.807) is 29.6 Å². The molecule has 2 rings (SSSR count). The van der Waals surface area contributed by atoms with Crippen molar-refractivity contribution in [2.75, 3.05) is 47.4 Å². The van der Waals surface area contributed by atoms with Gasteiger partial charge in [0.05, 0.1) is 12.0 Å².